The van der Waals surface area contributed by atoms with Crippen LogP contribution < -0.4 is 15.8 Å². The van der Waals surface area contributed by atoms with Crippen molar-refractivity contribution in [3.8, 4) is 5.88 Å². The third-order valence-corrected chi connectivity index (χ3v) is 10.8. The first-order valence-corrected chi connectivity index (χ1v) is 20.2. The van der Waals surface area contributed by atoms with Crippen molar-refractivity contribution >= 4 is 58.3 Å². The molecule has 0 saturated carbocycles. The highest BCUT2D eigenvalue weighted by Crippen LogP contribution is 2.50. The maximum atomic E-state index is 15.9. The van der Waals surface area contributed by atoms with Gasteiger partial charge >= 0.3 is 6.72 Å². The van der Waals surface area contributed by atoms with Crippen LogP contribution in [0.5, 0.6) is 5.88 Å². The van der Waals surface area contributed by atoms with Crippen molar-refractivity contribution in [1.82, 2.24) is 39.0 Å². The van der Waals surface area contributed by atoms with E-state index in [4.69, 9.17) is 40.8 Å². The van der Waals surface area contributed by atoms with E-state index in [1.165, 1.54) is 40.2 Å². The number of non-ortho nitro benzene ring substituents is 1. The number of nitro benzene ring substituents is 1. The quantitative estimate of drug-likeness (QED) is 0.0464. The zero-order valence-electron chi connectivity index (χ0n) is 30.3. The molecule has 2 aliphatic rings. The number of halogens is 1. The summed E-state index contributed by atoms with van der Waals surface area (Å²) in [5.74, 6) is 0.596. The van der Waals surface area contributed by atoms with Gasteiger partial charge in [-0.05, 0) is 23.3 Å². The highest BCUT2D eigenvalue weighted by Gasteiger charge is 2.50. The van der Waals surface area contributed by atoms with Crippen molar-refractivity contribution in [2.75, 3.05) is 37.4 Å². The van der Waals surface area contributed by atoms with Crippen LogP contribution in [0.3, 0.4) is 0 Å². The van der Waals surface area contributed by atoms with Gasteiger partial charge in [0.1, 0.15) is 42.4 Å². The number of ether oxygens (including phenoxy) is 3. The Morgan fingerprint density at radius 3 is 2.44 bits per heavy atom. The molecular formula is C32H39FN11O11PS. The SMILES string of the molecule is CC(C)CNc1nc(OCCc2ccc([N+](=O)[O-])cc2)c2ncn([C@@H]3O[C@H](COP(O)(=S)O[C@H]4[C@@H](F)[C@H](n5cnc6c(N)ncnc65)O[C@@H]4CO)[C@@H](O)[C@H]3O)c2n1. The minimum absolute atomic E-state index is 0.0310. The molecule has 2 saturated heterocycles. The minimum Gasteiger partial charge on any atom is -0.476 e. The van der Waals surface area contributed by atoms with Crippen molar-refractivity contribution in [3.63, 3.8) is 0 Å². The second-order valence-corrected chi connectivity index (χ2v) is 16.4. The first kappa shape index (κ1) is 40.6. The number of nitro groups is 1. The van der Waals surface area contributed by atoms with Gasteiger partial charge < -0.3 is 50.0 Å². The van der Waals surface area contributed by atoms with Crippen LogP contribution in [0, 0.1) is 16.0 Å². The van der Waals surface area contributed by atoms with Gasteiger partial charge in [-0.25, -0.2) is 24.3 Å². The van der Waals surface area contributed by atoms with Crippen LogP contribution in [-0.4, -0.2) is 127 Å². The summed E-state index contributed by atoms with van der Waals surface area (Å²) in [7, 11) is 0. The predicted molar refractivity (Wildman–Crippen MR) is 200 cm³/mol. The molecule has 7 N–H and O–H groups in total. The molecule has 57 heavy (non-hydrogen) atoms. The van der Waals surface area contributed by atoms with Crippen LogP contribution in [0.25, 0.3) is 22.3 Å². The van der Waals surface area contributed by atoms with E-state index in [2.05, 4.69) is 35.2 Å². The van der Waals surface area contributed by atoms with Crippen LogP contribution in [0.1, 0.15) is 31.9 Å². The maximum absolute atomic E-state index is 15.9. The van der Waals surface area contributed by atoms with Crippen LogP contribution in [0.2, 0.25) is 0 Å². The second-order valence-electron chi connectivity index (χ2n) is 13.6. The summed E-state index contributed by atoms with van der Waals surface area (Å²) in [6.45, 7) is -0.972. The topological polar surface area (TPSA) is 295 Å². The monoisotopic (exact) mass is 835 g/mol. The number of hydrogen-bond donors (Lipinski definition) is 6. The Hall–Kier alpha value is -4.62. The molecule has 2 fully saturated rings. The lowest BCUT2D eigenvalue weighted by molar-refractivity contribution is -0.384. The number of aromatic nitrogens is 8. The fourth-order valence-electron chi connectivity index (χ4n) is 6.30. The van der Waals surface area contributed by atoms with Crippen molar-refractivity contribution in [3.05, 3.63) is 58.9 Å². The van der Waals surface area contributed by atoms with Gasteiger partial charge in [0.05, 0.1) is 37.4 Å². The average molecular weight is 836 g/mol. The van der Waals surface area contributed by atoms with Crippen molar-refractivity contribution < 1.29 is 52.8 Å². The third kappa shape index (κ3) is 8.50. The number of rotatable bonds is 16. The number of hydrogen-bond acceptors (Lipinski definition) is 19. The molecule has 0 aliphatic carbocycles. The molecule has 0 radical (unpaired) electrons. The predicted octanol–water partition coefficient (Wildman–Crippen LogP) is 1.31. The van der Waals surface area contributed by atoms with E-state index < -0.39 is 74.0 Å². The summed E-state index contributed by atoms with van der Waals surface area (Å²) in [4.78, 5) is 47.0. The van der Waals surface area contributed by atoms with Crippen molar-refractivity contribution in [2.45, 2.75) is 69.4 Å². The van der Waals surface area contributed by atoms with Gasteiger partial charge in [0.25, 0.3) is 5.69 Å². The Bertz CT molecular complexity index is 2270. The number of aliphatic hydroxyl groups excluding tert-OH is 3. The maximum Gasteiger partial charge on any atom is 0.325 e. The standard InChI is InChI=1S/C32H39FN11O11PS/c1-15(2)9-35-32-40-28-22(29(41-32)51-8-7-16-3-5-17(6-4-16)44(48)49)39-14-43(28)31-24(47)23(46)19(54-31)11-52-56(50,57)55-25-18(10-45)53-30(20(25)33)42-13-38-21-26(34)36-12-37-27(21)42/h3-6,12-15,18-20,23-25,30-31,45-47H,7-11H2,1-2H3,(H,50,57)(H2,34,36,37)(H,35,40,41)/t18-,19-,20-,23-,24-,25-,30-,31-,56?/m1/s1. The number of imidazole rings is 2. The number of nitrogens with two attached hydrogens (primary N) is 1. The normalized spacial score (nSPS) is 26.0. The number of fused-ring (bicyclic) bond motifs is 2. The first-order chi connectivity index (χ1) is 27.2. The second kappa shape index (κ2) is 16.7. The molecule has 1 unspecified atom stereocenters. The Balaban J connectivity index is 1.03. The molecule has 306 valence electrons. The van der Waals surface area contributed by atoms with Gasteiger partial charge in [0, 0.05) is 25.1 Å². The summed E-state index contributed by atoms with van der Waals surface area (Å²) in [5, 5.41) is 46.2. The number of nitrogen functional groups attached to an aromatic ring is 1. The Labute approximate surface area is 327 Å². The molecule has 0 amide bonds. The Morgan fingerprint density at radius 1 is 1.04 bits per heavy atom. The molecule has 1 aromatic carbocycles. The molecule has 22 nitrogen and oxygen atoms in total. The van der Waals surface area contributed by atoms with E-state index in [-0.39, 0.29) is 58.2 Å². The first-order valence-electron chi connectivity index (χ1n) is 17.6. The lowest BCUT2D eigenvalue weighted by atomic mass is 10.1. The smallest absolute Gasteiger partial charge is 0.325 e. The van der Waals surface area contributed by atoms with Crippen LogP contribution in [0.15, 0.2) is 43.2 Å². The number of nitrogens with one attached hydrogen (secondary N) is 1. The summed E-state index contributed by atoms with van der Waals surface area (Å²) < 4.78 is 47.2. The van der Waals surface area contributed by atoms with Crippen LogP contribution in [-0.2, 0) is 36.7 Å². The molecule has 5 aromatic rings. The zero-order valence-corrected chi connectivity index (χ0v) is 32.0. The summed E-state index contributed by atoms with van der Waals surface area (Å²) in [5.41, 5.74) is 7.38. The lowest BCUT2D eigenvalue weighted by Crippen LogP contribution is -2.35. The lowest BCUT2D eigenvalue weighted by Gasteiger charge is -2.25. The molecule has 7 rings (SSSR count). The fraction of sp³-hybridized carbons (Fsp3) is 0.500. The van der Waals surface area contributed by atoms with Gasteiger partial charge in [-0.3, -0.25) is 23.8 Å². The molecule has 2 aliphatic heterocycles. The number of nitrogens with zero attached hydrogens (tertiary/aromatic N) is 9. The average Bonchev–Trinajstić information content (AvgIpc) is 3.95. The highest BCUT2D eigenvalue weighted by atomic mass is 32.5. The third-order valence-electron chi connectivity index (χ3n) is 9.21. The molecule has 4 aromatic heterocycles. The van der Waals surface area contributed by atoms with Gasteiger partial charge in [0.2, 0.25) is 11.8 Å². The number of anilines is 2. The molecule has 9 atom stereocenters. The molecule has 0 bridgehead atoms. The molecular weight excluding hydrogens is 796 g/mol. The summed E-state index contributed by atoms with van der Waals surface area (Å²) in [6, 6.07) is 6.07. The number of alkyl halides is 1. The van der Waals surface area contributed by atoms with Crippen molar-refractivity contribution in [1.29, 1.82) is 0 Å². The largest absolute Gasteiger partial charge is 0.476 e. The van der Waals surface area contributed by atoms with E-state index in [1.54, 1.807) is 12.1 Å². The fourth-order valence-corrected chi connectivity index (χ4v) is 7.73. The minimum atomic E-state index is -4.31. The Kier molecular flexibility index (Phi) is 11.9. The van der Waals surface area contributed by atoms with E-state index in [9.17, 15) is 30.3 Å². The van der Waals surface area contributed by atoms with Gasteiger partial charge in [-0.15, -0.1) is 0 Å². The highest BCUT2D eigenvalue weighted by molar-refractivity contribution is 8.07. The van der Waals surface area contributed by atoms with Gasteiger partial charge in [0.15, 0.2) is 41.3 Å². The number of benzene rings is 1. The summed E-state index contributed by atoms with van der Waals surface area (Å²) >= 11 is 5.18. The van der Waals surface area contributed by atoms with Crippen LogP contribution in [0.4, 0.5) is 21.8 Å². The van der Waals surface area contributed by atoms with Crippen LogP contribution >= 0.6 is 6.72 Å². The van der Waals surface area contributed by atoms with E-state index in [0.29, 0.717) is 13.0 Å². The van der Waals surface area contributed by atoms with E-state index >= 15 is 4.39 Å². The molecule has 0 spiro atoms. The van der Waals surface area contributed by atoms with Crippen molar-refractivity contribution in [2.24, 2.45) is 5.92 Å². The molecule has 6 heterocycles. The van der Waals surface area contributed by atoms with E-state index in [0.717, 1.165) is 5.56 Å². The Morgan fingerprint density at radius 2 is 1.74 bits per heavy atom. The summed E-state index contributed by atoms with van der Waals surface area (Å²) in [6.07, 6.45) is -7.80. The van der Waals surface area contributed by atoms with Gasteiger partial charge in [-0.2, -0.15) is 9.97 Å². The van der Waals surface area contributed by atoms with Gasteiger partial charge in [-0.1, -0.05) is 26.0 Å². The zero-order chi connectivity index (χ0) is 40.6. The molecule has 25 heteroatoms. The van der Waals surface area contributed by atoms with E-state index in [1.807, 2.05) is 13.8 Å². The number of aliphatic hydroxyl groups is 3.